The molecule has 0 aliphatic rings. The van der Waals surface area contributed by atoms with E-state index in [4.69, 9.17) is 0 Å². The van der Waals surface area contributed by atoms with Crippen molar-refractivity contribution < 1.29 is 4.79 Å². The zero-order chi connectivity index (χ0) is 19.5. The number of carbonyl (C=O) groups is 1. The highest BCUT2D eigenvalue weighted by Gasteiger charge is 2.20. The largest absolute Gasteiger partial charge is 0.333 e. The van der Waals surface area contributed by atoms with Crippen molar-refractivity contribution in [2.24, 2.45) is 0 Å². The predicted octanol–water partition coefficient (Wildman–Crippen LogP) is 3.92. The molecule has 0 radical (unpaired) electrons. The molecule has 0 spiro atoms. The van der Waals surface area contributed by atoms with Gasteiger partial charge in [0.2, 0.25) is 0 Å². The lowest BCUT2D eigenvalue weighted by molar-refractivity contribution is 0.0739. The molecule has 4 rings (SSSR count). The van der Waals surface area contributed by atoms with Gasteiger partial charge in [0, 0.05) is 42.2 Å². The molecule has 1 atom stereocenters. The van der Waals surface area contributed by atoms with Gasteiger partial charge in [-0.1, -0.05) is 12.1 Å². The first-order valence-corrected chi connectivity index (χ1v) is 8.98. The molecule has 0 bridgehead atoms. The number of pyridine rings is 2. The topological polar surface area (TPSA) is 71.9 Å². The van der Waals surface area contributed by atoms with E-state index in [0.29, 0.717) is 5.56 Å². The van der Waals surface area contributed by atoms with Crippen LogP contribution in [0.25, 0.3) is 22.2 Å². The number of rotatable bonds is 4. The molecule has 1 unspecified atom stereocenters. The summed E-state index contributed by atoms with van der Waals surface area (Å²) in [5.41, 5.74) is 4.11. The van der Waals surface area contributed by atoms with Crippen LogP contribution in [0, 0.1) is 0 Å². The van der Waals surface area contributed by atoms with Crippen molar-refractivity contribution in [2.45, 2.75) is 13.0 Å². The fourth-order valence-electron chi connectivity index (χ4n) is 3.13. The Balaban J connectivity index is 1.60. The summed E-state index contributed by atoms with van der Waals surface area (Å²) in [6.07, 6.45) is 6.69. The van der Waals surface area contributed by atoms with E-state index in [0.717, 1.165) is 27.9 Å². The molecule has 6 heteroatoms. The Morgan fingerprint density at radius 1 is 0.929 bits per heavy atom. The van der Waals surface area contributed by atoms with Crippen molar-refractivity contribution in [3.63, 3.8) is 0 Å². The highest BCUT2D eigenvalue weighted by atomic mass is 16.2. The molecule has 0 aliphatic heterocycles. The molecule has 0 saturated heterocycles. The van der Waals surface area contributed by atoms with E-state index in [1.165, 1.54) is 6.33 Å². The number of amides is 1. The van der Waals surface area contributed by atoms with Crippen molar-refractivity contribution in [1.29, 1.82) is 0 Å². The summed E-state index contributed by atoms with van der Waals surface area (Å²) in [5, 5.41) is 0.985. The molecule has 6 nitrogen and oxygen atoms in total. The summed E-state index contributed by atoms with van der Waals surface area (Å²) in [5.74, 6) is -0.0646. The van der Waals surface area contributed by atoms with E-state index in [-0.39, 0.29) is 11.9 Å². The van der Waals surface area contributed by atoms with Gasteiger partial charge in [-0.3, -0.25) is 14.8 Å². The van der Waals surface area contributed by atoms with E-state index >= 15 is 0 Å². The van der Waals surface area contributed by atoms with E-state index in [9.17, 15) is 4.79 Å². The number of carbonyl (C=O) groups excluding carboxylic acids is 1. The fraction of sp³-hybridized carbons (Fsp3) is 0.136. The summed E-state index contributed by atoms with van der Waals surface area (Å²) in [4.78, 5) is 31.6. The van der Waals surface area contributed by atoms with E-state index in [1.54, 1.807) is 30.5 Å². The van der Waals surface area contributed by atoms with Gasteiger partial charge in [-0.05, 0) is 43.3 Å². The molecule has 0 fully saturated rings. The second kappa shape index (κ2) is 7.52. The van der Waals surface area contributed by atoms with Gasteiger partial charge in [-0.2, -0.15) is 0 Å². The molecule has 3 aromatic heterocycles. The van der Waals surface area contributed by atoms with Crippen LogP contribution >= 0.6 is 0 Å². The van der Waals surface area contributed by atoms with Gasteiger partial charge < -0.3 is 4.90 Å². The van der Waals surface area contributed by atoms with Gasteiger partial charge in [0.15, 0.2) is 0 Å². The van der Waals surface area contributed by atoms with Gasteiger partial charge in [-0.25, -0.2) is 9.97 Å². The molecule has 0 aliphatic carbocycles. The van der Waals surface area contributed by atoms with Crippen LogP contribution in [0.1, 0.15) is 29.0 Å². The Labute approximate surface area is 162 Å². The van der Waals surface area contributed by atoms with Crippen molar-refractivity contribution in [1.82, 2.24) is 24.8 Å². The van der Waals surface area contributed by atoms with Crippen LogP contribution in [-0.2, 0) is 0 Å². The highest BCUT2D eigenvalue weighted by molar-refractivity contribution is 5.96. The maximum Gasteiger partial charge on any atom is 0.254 e. The maximum atomic E-state index is 12.9. The third kappa shape index (κ3) is 3.32. The molecule has 138 valence electrons. The van der Waals surface area contributed by atoms with E-state index in [2.05, 4.69) is 19.9 Å². The number of fused-ring (bicyclic) bond motifs is 1. The normalized spacial score (nSPS) is 11.9. The molecular weight excluding hydrogens is 350 g/mol. The monoisotopic (exact) mass is 369 g/mol. The zero-order valence-corrected chi connectivity index (χ0v) is 15.6. The molecule has 4 aromatic rings. The number of aromatic nitrogens is 4. The van der Waals surface area contributed by atoms with E-state index < -0.39 is 0 Å². The summed E-state index contributed by atoms with van der Waals surface area (Å²) in [6.45, 7) is 1.95. The third-order valence-electron chi connectivity index (χ3n) is 4.87. The van der Waals surface area contributed by atoms with Gasteiger partial charge >= 0.3 is 0 Å². The SMILES string of the molecule is CC(c1ccncn1)N(C)C(=O)c1ccc(-c2nccc3ncccc23)cc1. The first-order valence-electron chi connectivity index (χ1n) is 8.98. The average molecular weight is 369 g/mol. The highest BCUT2D eigenvalue weighted by Crippen LogP contribution is 2.26. The van der Waals surface area contributed by atoms with Crippen LogP contribution in [0.3, 0.4) is 0 Å². The van der Waals surface area contributed by atoms with Crippen LogP contribution in [0.4, 0.5) is 0 Å². The molecular formula is C22H19N5O. The second-order valence-electron chi connectivity index (χ2n) is 6.53. The minimum absolute atomic E-state index is 0.0646. The first kappa shape index (κ1) is 17.7. The number of hydrogen-bond acceptors (Lipinski definition) is 5. The van der Waals surface area contributed by atoms with Crippen molar-refractivity contribution in [2.75, 3.05) is 7.05 Å². The fourth-order valence-corrected chi connectivity index (χ4v) is 3.13. The standard InChI is InChI=1S/C22H19N5O/c1-15(19-9-12-23-14-26-19)27(2)22(28)17-7-5-16(6-8-17)21-18-4-3-11-24-20(18)10-13-25-21/h3-15H,1-2H3. The van der Waals surface area contributed by atoms with Crippen molar-refractivity contribution >= 4 is 16.8 Å². The summed E-state index contributed by atoms with van der Waals surface area (Å²) in [7, 11) is 1.78. The molecule has 1 amide bonds. The maximum absolute atomic E-state index is 12.9. The Bertz CT molecular complexity index is 1110. The first-order chi connectivity index (χ1) is 13.6. The predicted molar refractivity (Wildman–Crippen MR) is 108 cm³/mol. The summed E-state index contributed by atoms with van der Waals surface area (Å²) >= 11 is 0. The molecule has 0 N–H and O–H groups in total. The smallest absolute Gasteiger partial charge is 0.254 e. The minimum Gasteiger partial charge on any atom is -0.333 e. The van der Waals surface area contributed by atoms with Gasteiger partial charge in [0.25, 0.3) is 5.91 Å². The Morgan fingerprint density at radius 3 is 2.50 bits per heavy atom. The number of hydrogen-bond donors (Lipinski definition) is 0. The van der Waals surface area contributed by atoms with Gasteiger partial charge in [0.05, 0.1) is 22.9 Å². The van der Waals surface area contributed by atoms with Gasteiger partial charge in [-0.15, -0.1) is 0 Å². The van der Waals surface area contributed by atoms with Crippen molar-refractivity contribution in [3.8, 4) is 11.3 Å². The quantitative estimate of drug-likeness (QED) is 0.545. The number of nitrogens with zero attached hydrogens (tertiary/aromatic N) is 5. The zero-order valence-electron chi connectivity index (χ0n) is 15.6. The molecule has 3 heterocycles. The molecule has 1 aromatic carbocycles. The third-order valence-corrected chi connectivity index (χ3v) is 4.87. The molecule has 28 heavy (non-hydrogen) atoms. The summed E-state index contributed by atoms with van der Waals surface area (Å²) in [6, 6.07) is 15.0. The van der Waals surface area contributed by atoms with Crippen LogP contribution in [0.15, 0.2) is 73.4 Å². The lowest BCUT2D eigenvalue weighted by Crippen LogP contribution is -2.30. The molecule has 0 saturated carbocycles. The number of benzene rings is 1. The summed E-state index contributed by atoms with van der Waals surface area (Å²) < 4.78 is 0. The van der Waals surface area contributed by atoms with Crippen LogP contribution in [-0.4, -0.2) is 37.8 Å². The minimum atomic E-state index is -0.152. The lowest BCUT2D eigenvalue weighted by Gasteiger charge is -2.24. The van der Waals surface area contributed by atoms with Crippen LogP contribution in [0.2, 0.25) is 0 Å². The van der Waals surface area contributed by atoms with Gasteiger partial charge in [0.1, 0.15) is 6.33 Å². The Morgan fingerprint density at radius 2 is 1.75 bits per heavy atom. The lowest BCUT2D eigenvalue weighted by atomic mass is 10.0. The van der Waals surface area contributed by atoms with Crippen LogP contribution < -0.4 is 0 Å². The van der Waals surface area contributed by atoms with Crippen LogP contribution in [0.5, 0.6) is 0 Å². The second-order valence-corrected chi connectivity index (χ2v) is 6.53. The average Bonchev–Trinajstić information content (AvgIpc) is 2.78. The Hall–Kier alpha value is -3.67. The Kier molecular flexibility index (Phi) is 4.76. The van der Waals surface area contributed by atoms with E-state index in [1.807, 2.05) is 55.5 Å². The van der Waals surface area contributed by atoms with Crippen molar-refractivity contribution in [3.05, 3.63) is 84.7 Å².